The topological polar surface area (TPSA) is 105 Å². The number of aliphatic carboxylic acids is 1. The first kappa shape index (κ1) is 14.3. The van der Waals surface area contributed by atoms with Gasteiger partial charge in [-0.1, -0.05) is 0 Å². The zero-order valence-corrected chi connectivity index (χ0v) is 11.2. The van der Waals surface area contributed by atoms with Crippen molar-refractivity contribution in [2.24, 2.45) is 0 Å². The number of carboxylic acids is 1. The molecule has 2 amide bonds. The molecule has 0 bridgehead atoms. The molecule has 20 heavy (non-hydrogen) atoms. The molecule has 0 radical (unpaired) electrons. The van der Waals surface area contributed by atoms with Crippen molar-refractivity contribution in [2.45, 2.75) is 38.5 Å². The van der Waals surface area contributed by atoms with Gasteiger partial charge in [0.05, 0.1) is 18.0 Å². The highest BCUT2D eigenvalue weighted by Gasteiger charge is 2.30. The number of amides is 2. The lowest BCUT2D eigenvalue weighted by atomic mass is 9.89. The molecule has 0 aliphatic heterocycles. The Morgan fingerprint density at radius 3 is 2.95 bits per heavy atom. The van der Waals surface area contributed by atoms with E-state index >= 15 is 0 Å². The summed E-state index contributed by atoms with van der Waals surface area (Å²) in [6.07, 6.45) is 4.76. The lowest BCUT2D eigenvalue weighted by Crippen LogP contribution is -2.49. The summed E-state index contributed by atoms with van der Waals surface area (Å²) in [4.78, 5) is 22.2. The van der Waals surface area contributed by atoms with E-state index in [1.54, 1.807) is 0 Å². The molecule has 3 N–H and O–H groups in total. The standard InChI is InChI=1S/C12H18N4O4/c1-2-20-10-3-8(4-10)14-12(19)15-9-5-13-16(6-9)7-11(17)18/h5-6,8,10H,2-4,7H2,1H3,(H,17,18)(H2,14,15,19). The summed E-state index contributed by atoms with van der Waals surface area (Å²) < 4.78 is 6.65. The molecule has 1 heterocycles. The molecule has 1 aromatic heterocycles. The molecular formula is C12H18N4O4. The quantitative estimate of drug-likeness (QED) is 0.710. The monoisotopic (exact) mass is 282 g/mol. The number of anilines is 1. The molecule has 8 heteroatoms. The summed E-state index contributed by atoms with van der Waals surface area (Å²) in [5.41, 5.74) is 0.462. The smallest absolute Gasteiger partial charge is 0.325 e. The minimum Gasteiger partial charge on any atom is -0.480 e. The Balaban J connectivity index is 1.72. The van der Waals surface area contributed by atoms with Crippen LogP contribution in [0.2, 0.25) is 0 Å². The van der Waals surface area contributed by atoms with E-state index in [1.807, 2.05) is 6.92 Å². The number of carbonyl (C=O) groups excluding carboxylic acids is 1. The Hall–Kier alpha value is -2.09. The maximum atomic E-state index is 11.7. The molecule has 0 aromatic carbocycles. The predicted octanol–water partition coefficient (Wildman–Crippen LogP) is 0.657. The fraction of sp³-hybridized carbons (Fsp3) is 0.583. The summed E-state index contributed by atoms with van der Waals surface area (Å²) in [6, 6.07) is -0.194. The SMILES string of the molecule is CCOC1CC(NC(=O)Nc2cnn(CC(=O)O)c2)C1. The number of hydrogen-bond donors (Lipinski definition) is 3. The van der Waals surface area contributed by atoms with E-state index in [2.05, 4.69) is 15.7 Å². The van der Waals surface area contributed by atoms with E-state index in [1.165, 1.54) is 17.1 Å². The van der Waals surface area contributed by atoms with Gasteiger partial charge < -0.3 is 20.5 Å². The highest BCUT2D eigenvalue weighted by atomic mass is 16.5. The van der Waals surface area contributed by atoms with Crippen LogP contribution in [0.3, 0.4) is 0 Å². The maximum absolute atomic E-state index is 11.7. The van der Waals surface area contributed by atoms with Crippen molar-refractivity contribution in [3.63, 3.8) is 0 Å². The Bertz CT molecular complexity index is 482. The van der Waals surface area contributed by atoms with E-state index in [9.17, 15) is 9.59 Å². The average molecular weight is 282 g/mol. The number of carboxylic acid groups (broad SMARTS) is 1. The molecular weight excluding hydrogens is 264 g/mol. The van der Waals surface area contributed by atoms with Crippen LogP contribution in [-0.2, 0) is 16.1 Å². The minimum absolute atomic E-state index is 0.126. The second-order valence-electron chi connectivity index (χ2n) is 4.66. The van der Waals surface area contributed by atoms with Crippen molar-refractivity contribution >= 4 is 17.7 Å². The molecule has 0 spiro atoms. The largest absolute Gasteiger partial charge is 0.480 e. The number of urea groups is 1. The highest BCUT2D eigenvalue weighted by molar-refractivity contribution is 5.89. The summed E-state index contributed by atoms with van der Waals surface area (Å²) in [6.45, 7) is 2.40. The van der Waals surface area contributed by atoms with Crippen LogP contribution < -0.4 is 10.6 Å². The molecule has 1 fully saturated rings. The summed E-state index contributed by atoms with van der Waals surface area (Å²) in [5.74, 6) is -0.986. The lowest BCUT2D eigenvalue weighted by molar-refractivity contribution is -0.137. The Morgan fingerprint density at radius 2 is 2.30 bits per heavy atom. The molecule has 8 nitrogen and oxygen atoms in total. The van der Waals surface area contributed by atoms with Crippen LogP contribution in [0.5, 0.6) is 0 Å². The van der Waals surface area contributed by atoms with Gasteiger partial charge in [-0.05, 0) is 19.8 Å². The van der Waals surface area contributed by atoms with Crippen LogP contribution in [0.15, 0.2) is 12.4 Å². The molecule has 1 aliphatic carbocycles. The second kappa shape index (κ2) is 6.38. The molecule has 110 valence electrons. The normalized spacial score (nSPS) is 21.1. The van der Waals surface area contributed by atoms with Crippen LogP contribution in [0.4, 0.5) is 10.5 Å². The van der Waals surface area contributed by atoms with Gasteiger partial charge in [0.2, 0.25) is 0 Å². The zero-order valence-electron chi connectivity index (χ0n) is 11.2. The van der Waals surface area contributed by atoms with Crippen LogP contribution in [0, 0.1) is 0 Å². The van der Waals surface area contributed by atoms with Gasteiger partial charge in [0.15, 0.2) is 0 Å². The predicted molar refractivity (Wildman–Crippen MR) is 70.5 cm³/mol. The van der Waals surface area contributed by atoms with Gasteiger partial charge in [-0.2, -0.15) is 5.10 Å². The van der Waals surface area contributed by atoms with E-state index in [0.29, 0.717) is 12.3 Å². The maximum Gasteiger partial charge on any atom is 0.325 e. The van der Waals surface area contributed by atoms with Crippen molar-refractivity contribution in [1.29, 1.82) is 0 Å². The third-order valence-corrected chi connectivity index (χ3v) is 3.02. The first-order valence-corrected chi connectivity index (χ1v) is 6.50. The van der Waals surface area contributed by atoms with Crippen LogP contribution in [-0.4, -0.2) is 45.6 Å². The summed E-state index contributed by atoms with van der Waals surface area (Å²) in [7, 11) is 0. The van der Waals surface area contributed by atoms with Gasteiger partial charge in [-0.25, -0.2) is 4.79 Å². The van der Waals surface area contributed by atoms with Crippen molar-refractivity contribution in [3.8, 4) is 0 Å². The minimum atomic E-state index is -0.986. The zero-order chi connectivity index (χ0) is 14.5. The van der Waals surface area contributed by atoms with Crippen molar-refractivity contribution in [3.05, 3.63) is 12.4 Å². The Labute approximate surface area is 116 Å². The molecule has 1 saturated carbocycles. The van der Waals surface area contributed by atoms with E-state index < -0.39 is 5.97 Å². The third-order valence-electron chi connectivity index (χ3n) is 3.02. The van der Waals surface area contributed by atoms with Crippen LogP contribution in [0.1, 0.15) is 19.8 Å². The average Bonchev–Trinajstić information content (AvgIpc) is 2.72. The first-order valence-electron chi connectivity index (χ1n) is 6.50. The van der Waals surface area contributed by atoms with Gasteiger partial charge >= 0.3 is 12.0 Å². The number of hydrogen-bond acceptors (Lipinski definition) is 4. The van der Waals surface area contributed by atoms with Gasteiger partial charge in [-0.15, -0.1) is 0 Å². The number of nitrogens with one attached hydrogen (secondary N) is 2. The van der Waals surface area contributed by atoms with Crippen molar-refractivity contribution < 1.29 is 19.4 Å². The molecule has 1 aromatic rings. The number of rotatable bonds is 6. The van der Waals surface area contributed by atoms with Gasteiger partial charge in [0.25, 0.3) is 0 Å². The van der Waals surface area contributed by atoms with Crippen LogP contribution in [0.25, 0.3) is 0 Å². The molecule has 2 rings (SSSR count). The fourth-order valence-corrected chi connectivity index (χ4v) is 2.06. The van der Waals surface area contributed by atoms with Crippen molar-refractivity contribution in [2.75, 3.05) is 11.9 Å². The van der Waals surface area contributed by atoms with E-state index in [0.717, 1.165) is 12.8 Å². The fourth-order valence-electron chi connectivity index (χ4n) is 2.06. The van der Waals surface area contributed by atoms with Crippen molar-refractivity contribution in [1.82, 2.24) is 15.1 Å². The van der Waals surface area contributed by atoms with Gasteiger partial charge in [0.1, 0.15) is 6.54 Å². The van der Waals surface area contributed by atoms with Crippen LogP contribution >= 0.6 is 0 Å². The van der Waals surface area contributed by atoms with E-state index in [4.69, 9.17) is 9.84 Å². The molecule has 0 atom stereocenters. The third kappa shape index (κ3) is 3.95. The number of ether oxygens (including phenoxy) is 1. The second-order valence-corrected chi connectivity index (χ2v) is 4.66. The Kier molecular flexibility index (Phi) is 4.57. The molecule has 1 aliphatic rings. The summed E-state index contributed by atoms with van der Waals surface area (Å²) in [5, 5.41) is 17.9. The number of aromatic nitrogens is 2. The highest BCUT2D eigenvalue weighted by Crippen LogP contribution is 2.23. The van der Waals surface area contributed by atoms with Gasteiger partial charge in [0, 0.05) is 18.8 Å². The molecule has 0 saturated heterocycles. The van der Waals surface area contributed by atoms with E-state index in [-0.39, 0.29) is 24.7 Å². The summed E-state index contributed by atoms with van der Waals surface area (Å²) >= 11 is 0. The number of nitrogens with zero attached hydrogens (tertiary/aromatic N) is 2. The first-order chi connectivity index (χ1) is 9.56. The number of carbonyl (C=O) groups is 2. The molecule has 0 unspecified atom stereocenters. The van der Waals surface area contributed by atoms with Gasteiger partial charge in [-0.3, -0.25) is 9.48 Å². The lowest BCUT2D eigenvalue weighted by Gasteiger charge is -2.35. The Morgan fingerprint density at radius 1 is 1.55 bits per heavy atom.